The van der Waals surface area contributed by atoms with E-state index in [1.54, 1.807) is 0 Å². The molecule has 1 saturated carbocycles. The number of hydrogen-bond acceptors (Lipinski definition) is 2. The standard InChI is InChI=1S/C25H34N2.C2H6/c1-3-4-20-7-13-23(14-8-20)25(22-11-5-19(2)6-12-22)27-18-17-21-9-15-24(26)16-10-21;1-2/h5-6,9-12,15-16,20,23H,3-4,7-8,13-14,17-18,26H2,1-2H3;1-2H3. The van der Waals surface area contributed by atoms with Gasteiger partial charge in [0.25, 0.3) is 0 Å². The largest absolute Gasteiger partial charge is 0.399 e. The molecule has 1 aliphatic carbocycles. The van der Waals surface area contributed by atoms with Crippen LogP contribution >= 0.6 is 0 Å². The van der Waals surface area contributed by atoms with Crippen LogP contribution < -0.4 is 5.73 Å². The molecule has 158 valence electrons. The summed E-state index contributed by atoms with van der Waals surface area (Å²) in [6.45, 7) is 9.31. The minimum absolute atomic E-state index is 0.618. The molecule has 0 aliphatic heterocycles. The zero-order chi connectivity index (χ0) is 21.1. The van der Waals surface area contributed by atoms with Crippen LogP contribution in [0, 0.1) is 18.8 Å². The van der Waals surface area contributed by atoms with Crippen LogP contribution in [0.25, 0.3) is 0 Å². The summed E-state index contributed by atoms with van der Waals surface area (Å²) < 4.78 is 0. The van der Waals surface area contributed by atoms with Crippen molar-refractivity contribution in [2.45, 2.75) is 72.6 Å². The Bertz CT molecular complexity index is 720. The molecule has 1 fully saturated rings. The highest BCUT2D eigenvalue weighted by molar-refractivity contribution is 6.02. The van der Waals surface area contributed by atoms with Crippen LogP contribution in [0.2, 0.25) is 0 Å². The van der Waals surface area contributed by atoms with E-state index in [9.17, 15) is 0 Å². The van der Waals surface area contributed by atoms with Gasteiger partial charge in [0.1, 0.15) is 0 Å². The lowest BCUT2D eigenvalue weighted by molar-refractivity contribution is 0.304. The molecule has 2 N–H and O–H groups in total. The van der Waals surface area contributed by atoms with Gasteiger partial charge in [-0.3, -0.25) is 4.99 Å². The molecule has 0 saturated heterocycles. The summed E-state index contributed by atoms with van der Waals surface area (Å²) in [6, 6.07) is 17.1. The van der Waals surface area contributed by atoms with Gasteiger partial charge in [-0.25, -0.2) is 0 Å². The first kappa shape index (κ1) is 23.2. The van der Waals surface area contributed by atoms with Crippen LogP contribution in [-0.2, 0) is 6.42 Å². The lowest BCUT2D eigenvalue weighted by atomic mass is 9.77. The van der Waals surface area contributed by atoms with E-state index in [2.05, 4.69) is 50.2 Å². The van der Waals surface area contributed by atoms with E-state index in [0.717, 1.165) is 24.6 Å². The first-order valence-electron chi connectivity index (χ1n) is 11.6. The van der Waals surface area contributed by atoms with Gasteiger partial charge >= 0.3 is 0 Å². The third-order valence-corrected chi connectivity index (χ3v) is 5.94. The molecule has 0 heterocycles. The fraction of sp³-hybridized carbons (Fsp3) is 0.519. The second-order valence-corrected chi connectivity index (χ2v) is 8.13. The highest BCUT2D eigenvalue weighted by Gasteiger charge is 2.25. The molecule has 2 heteroatoms. The molecule has 0 spiro atoms. The van der Waals surface area contributed by atoms with Gasteiger partial charge in [-0.2, -0.15) is 0 Å². The maximum Gasteiger partial charge on any atom is 0.0451 e. The number of aryl methyl sites for hydroxylation is 1. The molecule has 0 bridgehead atoms. The molecule has 29 heavy (non-hydrogen) atoms. The Kier molecular flexibility index (Phi) is 9.97. The van der Waals surface area contributed by atoms with Gasteiger partial charge in [0.2, 0.25) is 0 Å². The Balaban J connectivity index is 0.00000145. The Morgan fingerprint density at radius 3 is 2.14 bits per heavy atom. The zero-order valence-electron chi connectivity index (χ0n) is 19.0. The monoisotopic (exact) mass is 392 g/mol. The zero-order valence-corrected chi connectivity index (χ0v) is 19.0. The van der Waals surface area contributed by atoms with E-state index in [1.165, 1.54) is 60.9 Å². The van der Waals surface area contributed by atoms with Gasteiger partial charge in [0, 0.05) is 23.9 Å². The van der Waals surface area contributed by atoms with Crippen molar-refractivity contribution in [2.24, 2.45) is 16.8 Å². The minimum Gasteiger partial charge on any atom is -0.399 e. The maximum atomic E-state index is 5.79. The number of aliphatic imine (C=N–C) groups is 1. The number of rotatable bonds is 7. The normalized spacial score (nSPS) is 19.4. The number of nitrogens with two attached hydrogens (primary N) is 1. The summed E-state index contributed by atoms with van der Waals surface area (Å²) in [5, 5.41) is 0. The Morgan fingerprint density at radius 2 is 1.55 bits per heavy atom. The Labute approximate surface area is 178 Å². The molecule has 2 aromatic rings. The number of benzene rings is 2. The summed E-state index contributed by atoms with van der Waals surface area (Å²) >= 11 is 0. The van der Waals surface area contributed by atoms with Crippen LogP contribution in [0.15, 0.2) is 53.5 Å². The van der Waals surface area contributed by atoms with E-state index in [-0.39, 0.29) is 0 Å². The van der Waals surface area contributed by atoms with Gasteiger partial charge in [-0.05, 0) is 68.2 Å². The van der Waals surface area contributed by atoms with E-state index < -0.39 is 0 Å². The number of nitrogen functional groups attached to an aromatic ring is 1. The van der Waals surface area contributed by atoms with Crippen LogP contribution in [0.4, 0.5) is 5.69 Å². The van der Waals surface area contributed by atoms with Crippen molar-refractivity contribution in [3.05, 3.63) is 65.2 Å². The maximum absolute atomic E-state index is 5.79. The van der Waals surface area contributed by atoms with Gasteiger partial charge in [0.05, 0.1) is 0 Å². The van der Waals surface area contributed by atoms with E-state index in [1.807, 2.05) is 26.0 Å². The molecule has 2 nitrogen and oxygen atoms in total. The van der Waals surface area contributed by atoms with Crippen LogP contribution in [-0.4, -0.2) is 12.3 Å². The number of anilines is 1. The average molecular weight is 393 g/mol. The molecule has 0 amide bonds. The molecule has 2 aromatic carbocycles. The SMILES string of the molecule is CC.CCCC1CCC(C(=NCCc2ccc(N)cc2)c2ccc(C)cc2)CC1. The van der Waals surface area contributed by atoms with E-state index >= 15 is 0 Å². The Hall–Kier alpha value is -2.09. The lowest BCUT2D eigenvalue weighted by Gasteiger charge is -2.29. The fourth-order valence-electron chi connectivity index (χ4n) is 4.30. The first-order valence-corrected chi connectivity index (χ1v) is 11.6. The second-order valence-electron chi connectivity index (χ2n) is 8.13. The molecule has 1 aliphatic rings. The van der Waals surface area contributed by atoms with Gasteiger partial charge in [-0.15, -0.1) is 0 Å². The molecule has 3 rings (SSSR count). The summed E-state index contributed by atoms with van der Waals surface area (Å²) in [4.78, 5) is 5.12. The summed E-state index contributed by atoms with van der Waals surface area (Å²) in [7, 11) is 0. The van der Waals surface area contributed by atoms with Crippen molar-refractivity contribution in [3.63, 3.8) is 0 Å². The van der Waals surface area contributed by atoms with Crippen molar-refractivity contribution in [2.75, 3.05) is 12.3 Å². The third-order valence-electron chi connectivity index (χ3n) is 5.94. The van der Waals surface area contributed by atoms with Crippen LogP contribution in [0.1, 0.15) is 76.0 Å². The third kappa shape index (κ3) is 7.34. The van der Waals surface area contributed by atoms with Gasteiger partial charge < -0.3 is 5.73 Å². The van der Waals surface area contributed by atoms with Crippen LogP contribution in [0.5, 0.6) is 0 Å². The summed E-state index contributed by atoms with van der Waals surface area (Å²) in [5.41, 5.74) is 11.9. The Morgan fingerprint density at radius 1 is 0.931 bits per heavy atom. The van der Waals surface area contributed by atoms with Crippen molar-refractivity contribution >= 4 is 11.4 Å². The molecular weight excluding hydrogens is 352 g/mol. The molecule has 0 radical (unpaired) electrons. The van der Waals surface area contributed by atoms with Crippen molar-refractivity contribution in [1.82, 2.24) is 0 Å². The smallest absolute Gasteiger partial charge is 0.0451 e. The molecule has 0 unspecified atom stereocenters. The van der Waals surface area contributed by atoms with Crippen molar-refractivity contribution < 1.29 is 0 Å². The fourth-order valence-corrected chi connectivity index (χ4v) is 4.30. The molecular formula is C27H40N2. The summed E-state index contributed by atoms with van der Waals surface area (Å²) in [6.07, 6.45) is 8.98. The average Bonchev–Trinajstić information content (AvgIpc) is 2.76. The van der Waals surface area contributed by atoms with Crippen molar-refractivity contribution in [1.29, 1.82) is 0 Å². The molecule has 0 aromatic heterocycles. The highest BCUT2D eigenvalue weighted by Crippen LogP contribution is 2.33. The summed E-state index contributed by atoms with van der Waals surface area (Å²) in [5.74, 6) is 1.55. The first-order chi connectivity index (χ1) is 14.2. The number of nitrogens with zero attached hydrogens (tertiary/aromatic N) is 1. The van der Waals surface area contributed by atoms with E-state index in [4.69, 9.17) is 10.7 Å². The molecule has 0 atom stereocenters. The predicted octanol–water partition coefficient (Wildman–Crippen LogP) is 7.24. The quantitative estimate of drug-likeness (QED) is 0.391. The number of hydrogen-bond donors (Lipinski definition) is 1. The predicted molar refractivity (Wildman–Crippen MR) is 129 cm³/mol. The highest BCUT2D eigenvalue weighted by atomic mass is 14.7. The minimum atomic E-state index is 0.618. The van der Waals surface area contributed by atoms with Gasteiger partial charge in [0.15, 0.2) is 0 Å². The lowest BCUT2D eigenvalue weighted by Crippen LogP contribution is -2.23. The topological polar surface area (TPSA) is 38.4 Å². The van der Waals surface area contributed by atoms with Crippen LogP contribution in [0.3, 0.4) is 0 Å². The van der Waals surface area contributed by atoms with Crippen molar-refractivity contribution in [3.8, 4) is 0 Å². The second kappa shape index (κ2) is 12.5. The van der Waals surface area contributed by atoms with E-state index in [0.29, 0.717) is 5.92 Å². The van der Waals surface area contributed by atoms with Gasteiger partial charge in [-0.1, -0.05) is 75.6 Å².